The number of nitrogens with one attached hydrogen (secondary N) is 1. The quantitative estimate of drug-likeness (QED) is 0.644. The van der Waals surface area contributed by atoms with E-state index in [9.17, 15) is 4.79 Å². The maximum Gasteiger partial charge on any atom is 0.350 e. The van der Waals surface area contributed by atoms with E-state index in [-0.39, 0.29) is 11.5 Å². The molecule has 1 saturated carbocycles. The van der Waals surface area contributed by atoms with E-state index in [0.717, 1.165) is 9.90 Å². The van der Waals surface area contributed by atoms with Crippen molar-refractivity contribution in [3.05, 3.63) is 4.88 Å². The van der Waals surface area contributed by atoms with Crippen LogP contribution in [0.5, 0.6) is 0 Å². The van der Waals surface area contributed by atoms with E-state index in [1.807, 2.05) is 6.26 Å². The molecule has 3 N–H and O–H groups in total. The molecule has 0 spiro atoms. The van der Waals surface area contributed by atoms with E-state index in [0.29, 0.717) is 16.5 Å². The van der Waals surface area contributed by atoms with Gasteiger partial charge in [-0.15, -0.1) is 23.1 Å². The predicted molar refractivity (Wildman–Crippen MR) is 82.3 cm³/mol. The molecular weight excluding hydrogens is 280 g/mol. The van der Waals surface area contributed by atoms with Gasteiger partial charge in [-0.2, -0.15) is 0 Å². The lowest BCUT2D eigenvalue weighted by Gasteiger charge is -2.27. The molecule has 0 amide bonds. The lowest BCUT2D eigenvalue weighted by Crippen LogP contribution is -2.33. The van der Waals surface area contributed by atoms with Crippen LogP contribution in [0.3, 0.4) is 0 Å². The predicted octanol–water partition coefficient (Wildman–Crippen LogP) is 3.44. The van der Waals surface area contributed by atoms with Crippen LogP contribution in [0, 0.1) is 5.92 Å². The summed E-state index contributed by atoms with van der Waals surface area (Å²) in [6, 6.07) is 0. The summed E-state index contributed by atoms with van der Waals surface area (Å²) >= 11 is 2.94. The Labute approximate surface area is 122 Å². The molecule has 106 valence electrons. The van der Waals surface area contributed by atoms with Crippen LogP contribution in [0.15, 0.2) is 4.90 Å². The molecule has 1 heterocycles. The van der Waals surface area contributed by atoms with Crippen LogP contribution in [0.25, 0.3) is 0 Å². The second-order valence-corrected chi connectivity index (χ2v) is 7.16. The minimum Gasteiger partial charge on any atom is -0.465 e. The number of anilines is 2. The lowest BCUT2D eigenvalue weighted by atomic mass is 9.99. The van der Waals surface area contributed by atoms with Crippen LogP contribution in [-0.4, -0.2) is 24.9 Å². The second-order valence-electron chi connectivity index (χ2n) is 5.32. The Bertz CT molecular complexity index is 493. The molecule has 19 heavy (non-hydrogen) atoms. The standard InChI is InChI=1S/C13H20N2O2S2/c1-13(2,7-5-6-7)15-11-9(18-4)8(14)10(19-11)12(16)17-3/h7,15H,5-6,14H2,1-4H3. The first-order valence-corrected chi connectivity index (χ1v) is 8.27. The topological polar surface area (TPSA) is 64.3 Å². The van der Waals surface area contributed by atoms with Gasteiger partial charge < -0.3 is 15.8 Å². The monoisotopic (exact) mass is 300 g/mol. The highest BCUT2D eigenvalue weighted by Gasteiger charge is 2.38. The van der Waals surface area contributed by atoms with Crippen LogP contribution in [-0.2, 0) is 4.74 Å². The summed E-state index contributed by atoms with van der Waals surface area (Å²) in [6.07, 6.45) is 4.49. The number of carbonyl (C=O) groups is 1. The number of nitrogen functional groups attached to an aromatic ring is 1. The van der Waals surface area contributed by atoms with Crippen LogP contribution in [0.4, 0.5) is 10.7 Å². The van der Waals surface area contributed by atoms with Crippen LogP contribution in [0.1, 0.15) is 36.4 Å². The van der Waals surface area contributed by atoms with Crippen molar-refractivity contribution in [3.63, 3.8) is 0 Å². The summed E-state index contributed by atoms with van der Waals surface area (Å²) in [6.45, 7) is 4.39. The third kappa shape index (κ3) is 2.84. The normalized spacial score (nSPS) is 15.4. The van der Waals surface area contributed by atoms with Crippen molar-refractivity contribution in [1.29, 1.82) is 0 Å². The highest BCUT2D eigenvalue weighted by atomic mass is 32.2. The van der Waals surface area contributed by atoms with Crippen molar-refractivity contribution in [2.75, 3.05) is 24.4 Å². The van der Waals surface area contributed by atoms with Gasteiger partial charge in [0.15, 0.2) is 0 Å². The van der Waals surface area contributed by atoms with Gasteiger partial charge in [-0.3, -0.25) is 0 Å². The molecular formula is C13H20N2O2S2. The Morgan fingerprint density at radius 3 is 2.63 bits per heavy atom. The number of thiophene rings is 1. The fourth-order valence-electron chi connectivity index (χ4n) is 2.16. The maximum atomic E-state index is 11.7. The zero-order valence-corrected chi connectivity index (χ0v) is 13.3. The first-order chi connectivity index (χ1) is 8.90. The molecule has 4 nitrogen and oxygen atoms in total. The number of rotatable bonds is 5. The largest absolute Gasteiger partial charge is 0.465 e. The average Bonchev–Trinajstić information content (AvgIpc) is 3.15. The van der Waals surface area contributed by atoms with Gasteiger partial charge >= 0.3 is 5.97 Å². The second kappa shape index (κ2) is 5.25. The van der Waals surface area contributed by atoms with Crippen molar-refractivity contribution in [2.45, 2.75) is 37.1 Å². The number of thioether (sulfide) groups is 1. The van der Waals surface area contributed by atoms with E-state index >= 15 is 0 Å². The number of nitrogens with two attached hydrogens (primary N) is 1. The zero-order valence-electron chi connectivity index (χ0n) is 11.7. The molecule has 1 aliphatic carbocycles. The van der Waals surface area contributed by atoms with E-state index < -0.39 is 0 Å². The Balaban J connectivity index is 2.31. The summed E-state index contributed by atoms with van der Waals surface area (Å²) in [7, 11) is 1.38. The van der Waals surface area contributed by atoms with E-state index in [1.165, 1.54) is 31.3 Å². The molecule has 1 aromatic heterocycles. The molecule has 1 aliphatic rings. The van der Waals surface area contributed by atoms with Crippen molar-refractivity contribution in [2.24, 2.45) is 5.92 Å². The summed E-state index contributed by atoms with van der Waals surface area (Å²) in [5.74, 6) is 0.335. The Hall–Kier alpha value is -0.880. The zero-order chi connectivity index (χ0) is 14.2. The molecule has 2 rings (SSSR count). The highest BCUT2D eigenvalue weighted by molar-refractivity contribution is 7.99. The summed E-state index contributed by atoms with van der Waals surface area (Å²) in [4.78, 5) is 13.1. The number of hydrogen-bond donors (Lipinski definition) is 2. The highest BCUT2D eigenvalue weighted by Crippen LogP contribution is 2.47. The minimum atomic E-state index is -0.366. The average molecular weight is 300 g/mol. The lowest BCUT2D eigenvalue weighted by molar-refractivity contribution is 0.0607. The van der Waals surface area contributed by atoms with Crippen molar-refractivity contribution in [1.82, 2.24) is 0 Å². The fraction of sp³-hybridized carbons (Fsp3) is 0.615. The van der Waals surface area contributed by atoms with Gasteiger partial charge in [-0.25, -0.2) is 4.79 Å². The van der Waals surface area contributed by atoms with Gasteiger partial charge in [0.25, 0.3) is 0 Å². The SMILES string of the molecule is COC(=O)c1sc(NC(C)(C)C2CC2)c(SC)c1N. The van der Waals surface area contributed by atoms with Gasteiger partial charge in [0.2, 0.25) is 0 Å². The Morgan fingerprint density at radius 2 is 2.16 bits per heavy atom. The molecule has 0 bridgehead atoms. The Morgan fingerprint density at radius 1 is 1.53 bits per heavy atom. The fourth-order valence-corrected chi connectivity index (χ4v) is 4.26. The van der Waals surface area contributed by atoms with Crippen LogP contribution in [0.2, 0.25) is 0 Å². The van der Waals surface area contributed by atoms with Crippen molar-refractivity contribution < 1.29 is 9.53 Å². The van der Waals surface area contributed by atoms with Crippen LogP contribution >= 0.6 is 23.1 Å². The molecule has 0 aromatic carbocycles. The molecule has 0 radical (unpaired) electrons. The van der Waals surface area contributed by atoms with Gasteiger partial charge in [0.1, 0.15) is 9.88 Å². The van der Waals surface area contributed by atoms with Gasteiger partial charge in [0.05, 0.1) is 17.7 Å². The number of esters is 1. The van der Waals surface area contributed by atoms with Gasteiger partial charge in [-0.05, 0) is 38.9 Å². The smallest absolute Gasteiger partial charge is 0.350 e. The first kappa shape index (κ1) is 14.5. The third-order valence-electron chi connectivity index (χ3n) is 3.51. The summed E-state index contributed by atoms with van der Waals surface area (Å²) in [5.41, 5.74) is 6.61. The number of carbonyl (C=O) groups excluding carboxylic acids is 1. The van der Waals surface area contributed by atoms with Crippen molar-refractivity contribution in [3.8, 4) is 0 Å². The Kier molecular flexibility index (Phi) is 4.01. The van der Waals surface area contributed by atoms with E-state index in [2.05, 4.69) is 19.2 Å². The van der Waals surface area contributed by atoms with Gasteiger partial charge in [0, 0.05) is 5.54 Å². The molecule has 0 aliphatic heterocycles. The number of ether oxygens (including phenoxy) is 1. The molecule has 1 aromatic rings. The molecule has 0 unspecified atom stereocenters. The third-order valence-corrected chi connectivity index (χ3v) is 5.57. The van der Waals surface area contributed by atoms with Gasteiger partial charge in [-0.1, -0.05) is 0 Å². The molecule has 0 saturated heterocycles. The number of methoxy groups -OCH3 is 1. The summed E-state index contributed by atoms with van der Waals surface area (Å²) in [5, 5.41) is 4.52. The first-order valence-electron chi connectivity index (χ1n) is 6.23. The molecule has 1 fully saturated rings. The van der Waals surface area contributed by atoms with Crippen molar-refractivity contribution >= 4 is 39.8 Å². The van der Waals surface area contributed by atoms with Crippen LogP contribution < -0.4 is 11.1 Å². The van der Waals surface area contributed by atoms with E-state index in [1.54, 1.807) is 11.8 Å². The summed E-state index contributed by atoms with van der Waals surface area (Å²) < 4.78 is 4.77. The molecule has 6 heteroatoms. The maximum absolute atomic E-state index is 11.7. The minimum absolute atomic E-state index is 0.0369. The number of hydrogen-bond acceptors (Lipinski definition) is 6. The molecule has 0 atom stereocenters. The van der Waals surface area contributed by atoms with E-state index in [4.69, 9.17) is 10.5 Å².